The zero-order valence-corrected chi connectivity index (χ0v) is 7.77. The molecular weight excluding hydrogens is 162 g/mol. The molecule has 0 radical (unpaired) electrons. The molecule has 13 heavy (non-hydrogen) atoms. The second kappa shape index (κ2) is 4.21. The smallest absolute Gasteiger partial charge is 0.0704 e. The fraction of sp³-hybridized carbons (Fsp3) is 0.273. The highest BCUT2D eigenvalue weighted by Gasteiger charge is 2.10. The highest BCUT2D eigenvalue weighted by Crippen LogP contribution is 2.15. The summed E-state index contributed by atoms with van der Waals surface area (Å²) in [4.78, 5) is 0. The van der Waals surface area contributed by atoms with Crippen LogP contribution in [0.25, 0.3) is 6.08 Å². The molecule has 0 aliphatic heterocycles. The minimum absolute atomic E-state index is 0.307. The minimum atomic E-state index is -0.519. The Balaban J connectivity index is 2.85. The molecule has 0 bridgehead atoms. The van der Waals surface area contributed by atoms with Gasteiger partial charge in [-0.3, -0.25) is 0 Å². The minimum Gasteiger partial charge on any atom is -0.391 e. The quantitative estimate of drug-likeness (QED) is 0.738. The molecule has 0 unspecified atom stereocenters. The number of rotatable bonds is 3. The molecule has 0 saturated carbocycles. The normalized spacial score (nSPS) is 15.0. The molecule has 0 fully saturated rings. The second-order valence-corrected chi connectivity index (χ2v) is 3.14. The molecule has 2 heteroatoms. The van der Waals surface area contributed by atoms with Crippen molar-refractivity contribution in [2.24, 2.45) is 5.73 Å². The Labute approximate surface area is 78.7 Å². The van der Waals surface area contributed by atoms with Gasteiger partial charge in [-0.2, -0.15) is 0 Å². The SMILES string of the molecule is C=Cc1ccc([C@H](N)[C@H](C)O)cc1. The average molecular weight is 177 g/mol. The van der Waals surface area contributed by atoms with E-state index in [0.717, 1.165) is 11.1 Å². The van der Waals surface area contributed by atoms with Crippen LogP contribution in [-0.4, -0.2) is 11.2 Å². The third-order valence-corrected chi connectivity index (χ3v) is 2.08. The van der Waals surface area contributed by atoms with E-state index in [1.54, 1.807) is 13.0 Å². The first-order valence-electron chi connectivity index (χ1n) is 4.31. The molecule has 0 aromatic heterocycles. The van der Waals surface area contributed by atoms with Crippen molar-refractivity contribution in [3.63, 3.8) is 0 Å². The van der Waals surface area contributed by atoms with E-state index in [1.807, 2.05) is 24.3 Å². The Morgan fingerprint density at radius 3 is 2.31 bits per heavy atom. The lowest BCUT2D eigenvalue weighted by Gasteiger charge is -2.14. The molecule has 0 saturated heterocycles. The zero-order valence-electron chi connectivity index (χ0n) is 7.77. The van der Waals surface area contributed by atoms with E-state index >= 15 is 0 Å². The predicted molar refractivity (Wildman–Crippen MR) is 55.1 cm³/mol. The van der Waals surface area contributed by atoms with Crippen molar-refractivity contribution in [3.05, 3.63) is 42.0 Å². The molecule has 0 spiro atoms. The van der Waals surface area contributed by atoms with Crippen LogP contribution in [0.2, 0.25) is 0 Å². The van der Waals surface area contributed by atoms with Crippen molar-refractivity contribution in [2.75, 3.05) is 0 Å². The Morgan fingerprint density at radius 1 is 1.38 bits per heavy atom. The van der Waals surface area contributed by atoms with Crippen molar-refractivity contribution < 1.29 is 5.11 Å². The van der Waals surface area contributed by atoms with E-state index in [9.17, 15) is 5.11 Å². The lowest BCUT2D eigenvalue weighted by atomic mass is 10.0. The second-order valence-electron chi connectivity index (χ2n) is 3.14. The van der Waals surface area contributed by atoms with Gasteiger partial charge in [-0.05, 0) is 18.1 Å². The molecule has 1 aromatic rings. The van der Waals surface area contributed by atoms with Gasteiger partial charge in [0.2, 0.25) is 0 Å². The van der Waals surface area contributed by atoms with Crippen molar-refractivity contribution in [2.45, 2.75) is 19.1 Å². The molecule has 0 aliphatic carbocycles. The van der Waals surface area contributed by atoms with Crippen molar-refractivity contribution >= 4 is 6.08 Å². The third kappa shape index (κ3) is 2.41. The van der Waals surface area contributed by atoms with E-state index in [-0.39, 0.29) is 6.04 Å². The zero-order chi connectivity index (χ0) is 9.84. The van der Waals surface area contributed by atoms with Crippen LogP contribution >= 0.6 is 0 Å². The van der Waals surface area contributed by atoms with Gasteiger partial charge in [-0.1, -0.05) is 36.9 Å². The number of hydrogen-bond acceptors (Lipinski definition) is 2. The Bertz CT molecular complexity index is 277. The first-order chi connectivity index (χ1) is 6.15. The summed E-state index contributed by atoms with van der Waals surface area (Å²) in [6.07, 6.45) is 1.26. The van der Waals surface area contributed by atoms with E-state index in [2.05, 4.69) is 6.58 Å². The van der Waals surface area contributed by atoms with Gasteiger partial charge < -0.3 is 10.8 Å². The van der Waals surface area contributed by atoms with Crippen LogP contribution in [0.5, 0.6) is 0 Å². The monoisotopic (exact) mass is 177 g/mol. The topological polar surface area (TPSA) is 46.2 Å². The number of aliphatic hydroxyl groups excluding tert-OH is 1. The van der Waals surface area contributed by atoms with Gasteiger partial charge in [0.1, 0.15) is 0 Å². The van der Waals surface area contributed by atoms with E-state index < -0.39 is 6.10 Å². The summed E-state index contributed by atoms with van der Waals surface area (Å²) < 4.78 is 0. The molecule has 3 N–H and O–H groups in total. The van der Waals surface area contributed by atoms with Gasteiger partial charge >= 0.3 is 0 Å². The van der Waals surface area contributed by atoms with Crippen LogP contribution in [-0.2, 0) is 0 Å². The Morgan fingerprint density at radius 2 is 1.92 bits per heavy atom. The van der Waals surface area contributed by atoms with Crippen LogP contribution in [0.4, 0.5) is 0 Å². The molecule has 0 amide bonds. The fourth-order valence-corrected chi connectivity index (χ4v) is 1.13. The average Bonchev–Trinajstić information content (AvgIpc) is 2.17. The molecule has 0 heterocycles. The number of nitrogens with two attached hydrogens (primary N) is 1. The fourth-order valence-electron chi connectivity index (χ4n) is 1.13. The number of benzene rings is 1. The maximum atomic E-state index is 9.26. The van der Waals surface area contributed by atoms with Gasteiger partial charge in [-0.25, -0.2) is 0 Å². The van der Waals surface area contributed by atoms with Gasteiger partial charge in [0.25, 0.3) is 0 Å². The van der Waals surface area contributed by atoms with E-state index in [4.69, 9.17) is 5.73 Å². The lowest BCUT2D eigenvalue weighted by molar-refractivity contribution is 0.164. The third-order valence-electron chi connectivity index (χ3n) is 2.08. The maximum absolute atomic E-state index is 9.26. The summed E-state index contributed by atoms with van der Waals surface area (Å²) in [5.41, 5.74) is 7.76. The molecule has 70 valence electrons. The standard InChI is InChI=1S/C11H15NO/c1-3-9-4-6-10(7-5-9)11(12)8(2)13/h3-8,11,13H,1,12H2,2H3/t8-,11+/m0/s1. The summed E-state index contributed by atoms with van der Waals surface area (Å²) in [5, 5.41) is 9.26. The van der Waals surface area contributed by atoms with Crippen molar-refractivity contribution in [3.8, 4) is 0 Å². The molecule has 2 atom stereocenters. The van der Waals surface area contributed by atoms with Crippen molar-refractivity contribution in [1.82, 2.24) is 0 Å². The molecule has 1 rings (SSSR count). The van der Waals surface area contributed by atoms with Gasteiger partial charge in [0.05, 0.1) is 12.1 Å². The van der Waals surface area contributed by atoms with E-state index in [1.165, 1.54) is 0 Å². The highest BCUT2D eigenvalue weighted by molar-refractivity contribution is 5.47. The largest absolute Gasteiger partial charge is 0.391 e. The van der Waals surface area contributed by atoms with Crippen LogP contribution in [0.3, 0.4) is 0 Å². The van der Waals surface area contributed by atoms with Crippen LogP contribution in [0.15, 0.2) is 30.8 Å². The lowest BCUT2D eigenvalue weighted by Crippen LogP contribution is -2.22. The summed E-state index contributed by atoms with van der Waals surface area (Å²) in [7, 11) is 0. The summed E-state index contributed by atoms with van der Waals surface area (Å²) >= 11 is 0. The van der Waals surface area contributed by atoms with Gasteiger partial charge in [0, 0.05) is 0 Å². The van der Waals surface area contributed by atoms with Crippen LogP contribution in [0.1, 0.15) is 24.1 Å². The van der Waals surface area contributed by atoms with Gasteiger partial charge in [0.15, 0.2) is 0 Å². The number of aliphatic hydroxyl groups is 1. The first kappa shape index (κ1) is 9.96. The summed E-state index contributed by atoms with van der Waals surface area (Å²) in [5.74, 6) is 0. The van der Waals surface area contributed by atoms with Crippen LogP contribution in [0, 0.1) is 0 Å². The Kier molecular flexibility index (Phi) is 3.23. The van der Waals surface area contributed by atoms with Crippen LogP contribution < -0.4 is 5.73 Å². The number of hydrogen-bond donors (Lipinski definition) is 2. The Hall–Kier alpha value is -1.12. The molecular formula is C11H15NO. The summed E-state index contributed by atoms with van der Waals surface area (Å²) in [6.45, 7) is 5.35. The first-order valence-corrected chi connectivity index (χ1v) is 4.31. The molecule has 2 nitrogen and oxygen atoms in total. The van der Waals surface area contributed by atoms with Gasteiger partial charge in [-0.15, -0.1) is 0 Å². The molecule has 0 aliphatic rings. The predicted octanol–water partition coefficient (Wildman–Crippen LogP) is 1.71. The van der Waals surface area contributed by atoms with E-state index in [0.29, 0.717) is 0 Å². The molecule has 1 aromatic carbocycles. The maximum Gasteiger partial charge on any atom is 0.0704 e. The summed E-state index contributed by atoms with van der Waals surface area (Å²) in [6, 6.07) is 7.39. The highest BCUT2D eigenvalue weighted by atomic mass is 16.3. The van der Waals surface area contributed by atoms with Crippen molar-refractivity contribution in [1.29, 1.82) is 0 Å².